The molecule has 0 bridgehead atoms. The van der Waals surface area contributed by atoms with Crippen LogP contribution in [0.1, 0.15) is 53.9 Å². The highest BCUT2D eigenvalue weighted by Gasteiger charge is 2.19. The summed E-state index contributed by atoms with van der Waals surface area (Å²) in [5, 5.41) is 8.27. The predicted molar refractivity (Wildman–Crippen MR) is 87.8 cm³/mol. The molecule has 3 nitrogen and oxygen atoms in total. The van der Waals surface area contributed by atoms with E-state index < -0.39 is 0 Å². The third kappa shape index (κ3) is 2.57. The molecular formula is C18H25N3. The van der Waals surface area contributed by atoms with Gasteiger partial charge in [-0.25, -0.2) is 0 Å². The number of hydrogen-bond donors (Lipinski definition) is 1. The molecule has 0 fully saturated rings. The number of aromatic nitrogens is 2. The molecule has 0 saturated heterocycles. The van der Waals surface area contributed by atoms with Gasteiger partial charge in [0.25, 0.3) is 0 Å². The SMILES string of the molecule is Cc1nn(C)c(C)c1C(C)Nc1cccc2c1CCCC2. The Hall–Kier alpha value is -1.77. The van der Waals surface area contributed by atoms with Gasteiger partial charge in [-0.15, -0.1) is 0 Å². The summed E-state index contributed by atoms with van der Waals surface area (Å²) in [5.74, 6) is 0. The second-order valence-corrected chi connectivity index (χ2v) is 6.22. The van der Waals surface area contributed by atoms with Crippen LogP contribution in [0.3, 0.4) is 0 Å². The molecule has 1 N–H and O–H groups in total. The van der Waals surface area contributed by atoms with Crippen LogP contribution in [-0.4, -0.2) is 9.78 Å². The van der Waals surface area contributed by atoms with E-state index in [2.05, 4.69) is 49.4 Å². The van der Waals surface area contributed by atoms with E-state index in [4.69, 9.17) is 0 Å². The zero-order valence-corrected chi connectivity index (χ0v) is 13.5. The fourth-order valence-electron chi connectivity index (χ4n) is 3.64. The van der Waals surface area contributed by atoms with Crippen molar-refractivity contribution in [3.05, 3.63) is 46.3 Å². The standard InChI is InChI=1S/C18H25N3/c1-12(18-13(2)20-21(4)14(18)3)19-17-11-7-9-15-8-5-6-10-16(15)17/h7,9,11-12,19H,5-6,8,10H2,1-4H3. The lowest BCUT2D eigenvalue weighted by Crippen LogP contribution is -2.13. The highest BCUT2D eigenvalue weighted by molar-refractivity contribution is 5.57. The Morgan fingerprint density at radius 2 is 1.95 bits per heavy atom. The number of hydrogen-bond acceptors (Lipinski definition) is 2. The molecule has 1 aromatic heterocycles. The van der Waals surface area contributed by atoms with Gasteiger partial charge in [0, 0.05) is 24.0 Å². The number of anilines is 1. The number of nitrogens with zero attached hydrogens (tertiary/aromatic N) is 2. The summed E-state index contributed by atoms with van der Waals surface area (Å²) in [6, 6.07) is 6.97. The molecule has 2 aromatic rings. The van der Waals surface area contributed by atoms with Crippen LogP contribution in [0.4, 0.5) is 5.69 Å². The third-order valence-electron chi connectivity index (χ3n) is 4.77. The minimum Gasteiger partial charge on any atom is -0.378 e. The average molecular weight is 283 g/mol. The van der Waals surface area contributed by atoms with Crippen molar-refractivity contribution < 1.29 is 0 Å². The number of fused-ring (bicyclic) bond motifs is 1. The molecule has 21 heavy (non-hydrogen) atoms. The quantitative estimate of drug-likeness (QED) is 0.919. The Balaban J connectivity index is 1.90. The zero-order chi connectivity index (χ0) is 15.0. The van der Waals surface area contributed by atoms with Crippen molar-refractivity contribution in [1.82, 2.24) is 9.78 Å². The molecule has 0 amide bonds. The van der Waals surface area contributed by atoms with Gasteiger partial charge in [-0.2, -0.15) is 5.10 Å². The maximum Gasteiger partial charge on any atom is 0.0649 e. The van der Waals surface area contributed by atoms with Crippen LogP contribution in [0.15, 0.2) is 18.2 Å². The minimum absolute atomic E-state index is 0.284. The van der Waals surface area contributed by atoms with Gasteiger partial charge in [0.05, 0.1) is 11.7 Å². The lowest BCUT2D eigenvalue weighted by Gasteiger charge is -2.23. The fraction of sp³-hybridized carbons (Fsp3) is 0.500. The van der Waals surface area contributed by atoms with Gasteiger partial charge in [-0.3, -0.25) is 4.68 Å². The molecule has 1 unspecified atom stereocenters. The Labute approximate surface area is 127 Å². The first-order valence-electron chi connectivity index (χ1n) is 7.95. The summed E-state index contributed by atoms with van der Waals surface area (Å²) < 4.78 is 1.98. The highest BCUT2D eigenvalue weighted by atomic mass is 15.3. The van der Waals surface area contributed by atoms with Crippen LogP contribution in [0, 0.1) is 13.8 Å². The topological polar surface area (TPSA) is 29.9 Å². The third-order valence-corrected chi connectivity index (χ3v) is 4.77. The molecule has 1 aromatic carbocycles. The number of rotatable bonds is 3. The summed E-state index contributed by atoms with van der Waals surface area (Å²) in [4.78, 5) is 0. The van der Waals surface area contributed by atoms with Gasteiger partial charge in [-0.1, -0.05) is 12.1 Å². The van der Waals surface area contributed by atoms with E-state index in [1.165, 1.54) is 53.8 Å². The van der Waals surface area contributed by atoms with Gasteiger partial charge < -0.3 is 5.32 Å². The van der Waals surface area contributed by atoms with Crippen molar-refractivity contribution in [3.63, 3.8) is 0 Å². The summed E-state index contributed by atoms with van der Waals surface area (Å²) in [6.45, 7) is 6.48. The van der Waals surface area contributed by atoms with Crippen LogP contribution in [0.2, 0.25) is 0 Å². The first-order valence-corrected chi connectivity index (χ1v) is 7.95. The molecule has 3 rings (SSSR count). The Bertz CT molecular complexity index is 655. The van der Waals surface area contributed by atoms with Crippen LogP contribution >= 0.6 is 0 Å². The summed E-state index contributed by atoms with van der Waals surface area (Å²) in [5.41, 5.74) is 8.05. The molecule has 1 aliphatic carbocycles. The van der Waals surface area contributed by atoms with Crippen molar-refractivity contribution in [1.29, 1.82) is 0 Å². The van der Waals surface area contributed by atoms with Crippen molar-refractivity contribution in [2.75, 3.05) is 5.32 Å². The molecule has 0 spiro atoms. The highest BCUT2D eigenvalue weighted by Crippen LogP contribution is 2.31. The monoisotopic (exact) mass is 283 g/mol. The van der Waals surface area contributed by atoms with Gasteiger partial charge >= 0.3 is 0 Å². The average Bonchev–Trinajstić information content (AvgIpc) is 2.72. The molecule has 3 heteroatoms. The van der Waals surface area contributed by atoms with Crippen LogP contribution in [0.5, 0.6) is 0 Å². The van der Waals surface area contributed by atoms with Gasteiger partial charge in [0.1, 0.15) is 0 Å². The molecule has 1 heterocycles. The van der Waals surface area contributed by atoms with E-state index in [1.54, 1.807) is 0 Å². The van der Waals surface area contributed by atoms with E-state index in [1.807, 2.05) is 11.7 Å². The zero-order valence-electron chi connectivity index (χ0n) is 13.5. The summed E-state index contributed by atoms with van der Waals surface area (Å²) in [7, 11) is 2.02. The van der Waals surface area contributed by atoms with E-state index in [9.17, 15) is 0 Å². The van der Waals surface area contributed by atoms with Crippen molar-refractivity contribution in [2.24, 2.45) is 7.05 Å². The van der Waals surface area contributed by atoms with Crippen LogP contribution in [-0.2, 0) is 19.9 Å². The predicted octanol–water partition coefficient (Wildman–Crippen LogP) is 4.09. The molecule has 0 radical (unpaired) electrons. The second kappa shape index (κ2) is 5.55. The molecular weight excluding hydrogens is 258 g/mol. The first-order chi connectivity index (χ1) is 10.1. The lowest BCUT2D eigenvalue weighted by atomic mass is 9.90. The van der Waals surface area contributed by atoms with E-state index in [0.717, 1.165) is 5.69 Å². The number of aryl methyl sites for hydroxylation is 3. The summed E-state index contributed by atoms with van der Waals surface area (Å²) >= 11 is 0. The van der Waals surface area contributed by atoms with Crippen LogP contribution in [0.25, 0.3) is 0 Å². The fourth-order valence-corrected chi connectivity index (χ4v) is 3.64. The largest absolute Gasteiger partial charge is 0.378 e. The molecule has 0 aliphatic heterocycles. The molecule has 0 saturated carbocycles. The molecule has 1 atom stereocenters. The van der Waals surface area contributed by atoms with Crippen molar-refractivity contribution >= 4 is 5.69 Å². The first kappa shape index (κ1) is 14.2. The minimum atomic E-state index is 0.284. The maximum atomic E-state index is 4.54. The summed E-state index contributed by atoms with van der Waals surface area (Å²) in [6.07, 6.45) is 5.07. The van der Waals surface area contributed by atoms with Gasteiger partial charge in [0.2, 0.25) is 0 Å². The van der Waals surface area contributed by atoms with Crippen LogP contribution < -0.4 is 5.32 Å². The normalized spacial score (nSPS) is 15.6. The lowest BCUT2D eigenvalue weighted by molar-refractivity contribution is 0.684. The maximum absolute atomic E-state index is 4.54. The van der Waals surface area contributed by atoms with E-state index >= 15 is 0 Å². The van der Waals surface area contributed by atoms with E-state index in [-0.39, 0.29) is 6.04 Å². The molecule has 112 valence electrons. The Morgan fingerprint density at radius 1 is 1.19 bits per heavy atom. The van der Waals surface area contributed by atoms with Crippen molar-refractivity contribution in [2.45, 2.75) is 52.5 Å². The second-order valence-electron chi connectivity index (χ2n) is 6.22. The van der Waals surface area contributed by atoms with Gasteiger partial charge in [0.15, 0.2) is 0 Å². The van der Waals surface area contributed by atoms with Gasteiger partial charge in [-0.05, 0) is 63.6 Å². The Kier molecular flexibility index (Phi) is 3.75. The number of nitrogens with one attached hydrogen (secondary N) is 1. The number of benzene rings is 1. The van der Waals surface area contributed by atoms with Crippen molar-refractivity contribution in [3.8, 4) is 0 Å². The molecule has 1 aliphatic rings. The van der Waals surface area contributed by atoms with E-state index in [0.29, 0.717) is 0 Å². The smallest absolute Gasteiger partial charge is 0.0649 e. The Morgan fingerprint density at radius 3 is 2.67 bits per heavy atom.